The van der Waals surface area contributed by atoms with Crippen molar-refractivity contribution in [2.75, 3.05) is 18.5 Å². The van der Waals surface area contributed by atoms with Gasteiger partial charge in [-0.25, -0.2) is 14.6 Å². The lowest BCUT2D eigenvalue weighted by Crippen LogP contribution is -2.22. The number of aromatic nitrogens is 2. The van der Waals surface area contributed by atoms with Crippen molar-refractivity contribution >= 4 is 34.2 Å². The lowest BCUT2D eigenvalue weighted by atomic mass is 10.1. The second-order valence-electron chi connectivity index (χ2n) is 7.05. The van der Waals surface area contributed by atoms with Gasteiger partial charge in [0.25, 0.3) is 5.91 Å². The number of carbonyl (C=O) groups is 3. The quantitative estimate of drug-likeness (QED) is 0.498. The number of nitrogens with one attached hydrogen (secondary N) is 1. The van der Waals surface area contributed by atoms with Gasteiger partial charge in [0.15, 0.2) is 6.61 Å². The van der Waals surface area contributed by atoms with Gasteiger partial charge in [-0.3, -0.25) is 9.78 Å². The SMILES string of the molecule is CCOC(=O)c1c(NC(=O)COC(=O)c2cccnc2Oc2cccnc2)sc2c1CCC2. The molecule has 0 aromatic carbocycles. The maximum Gasteiger partial charge on any atom is 0.344 e. The molecule has 1 N–H and O–H groups in total. The summed E-state index contributed by atoms with van der Waals surface area (Å²) in [7, 11) is 0. The van der Waals surface area contributed by atoms with Gasteiger partial charge in [0.2, 0.25) is 5.88 Å². The normalized spacial score (nSPS) is 12.0. The van der Waals surface area contributed by atoms with Crippen LogP contribution in [0.15, 0.2) is 42.9 Å². The monoisotopic (exact) mass is 467 g/mol. The van der Waals surface area contributed by atoms with Gasteiger partial charge in [-0.1, -0.05) is 0 Å². The number of nitrogens with zero attached hydrogens (tertiary/aromatic N) is 2. The lowest BCUT2D eigenvalue weighted by molar-refractivity contribution is -0.119. The number of hydrogen-bond donors (Lipinski definition) is 1. The van der Waals surface area contributed by atoms with E-state index in [0.29, 0.717) is 16.3 Å². The highest BCUT2D eigenvalue weighted by atomic mass is 32.1. The molecule has 0 radical (unpaired) electrons. The molecule has 33 heavy (non-hydrogen) atoms. The Kier molecular flexibility index (Phi) is 6.94. The second kappa shape index (κ2) is 10.2. The summed E-state index contributed by atoms with van der Waals surface area (Å²) in [6.45, 7) is 1.43. The molecule has 3 aromatic rings. The van der Waals surface area contributed by atoms with Crippen LogP contribution in [0.5, 0.6) is 11.6 Å². The third kappa shape index (κ3) is 5.17. The number of hydrogen-bond acceptors (Lipinski definition) is 9. The summed E-state index contributed by atoms with van der Waals surface area (Å²) in [6, 6.07) is 6.41. The number of fused-ring (bicyclic) bond motifs is 1. The molecule has 1 amide bonds. The van der Waals surface area contributed by atoms with E-state index in [1.807, 2.05) is 0 Å². The fourth-order valence-electron chi connectivity index (χ4n) is 3.43. The highest BCUT2D eigenvalue weighted by molar-refractivity contribution is 7.17. The predicted molar refractivity (Wildman–Crippen MR) is 120 cm³/mol. The predicted octanol–water partition coefficient (Wildman–Crippen LogP) is 3.79. The van der Waals surface area contributed by atoms with E-state index in [1.165, 1.54) is 29.8 Å². The summed E-state index contributed by atoms with van der Waals surface area (Å²) in [5.74, 6) is -1.35. The van der Waals surface area contributed by atoms with E-state index in [0.717, 1.165) is 29.7 Å². The topological polar surface area (TPSA) is 117 Å². The summed E-state index contributed by atoms with van der Waals surface area (Å²) >= 11 is 1.36. The van der Waals surface area contributed by atoms with Crippen LogP contribution in [0.2, 0.25) is 0 Å². The zero-order valence-electron chi connectivity index (χ0n) is 17.8. The highest BCUT2D eigenvalue weighted by Gasteiger charge is 2.28. The summed E-state index contributed by atoms with van der Waals surface area (Å²) in [6.07, 6.45) is 7.14. The van der Waals surface area contributed by atoms with E-state index in [4.69, 9.17) is 14.2 Å². The fourth-order valence-corrected chi connectivity index (χ4v) is 4.72. The first-order chi connectivity index (χ1) is 16.1. The van der Waals surface area contributed by atoms with E-state index < -0.39 is 24.5 Å². The molecular weight excluding hydrogens is 446 g/mol. The van der Waals surface area contributed by atoms with E-state index in [-0.39, 0.29) is 18.1 Å². The van der Waals surface area contributed by atoms with Crippen LogP contribution in [0.1, 0.15) is 44.5 Å². The Hall–Kier alpha value is -3.79. The molecule has 0 aliphatic heterocycles. The molecule has 9 nitrogen and oxygen atoms in total. The molecule has 0 spiro atoms. The average Bonchev–Trinajstić information content (AvgIpc) is 3.39. The minimum absolute atomic E-state index is 0.0372. The maximum absolute atomic E-state index is 12.6. The molecule has 3 heterocycles. The zero-order chi connectivity index (χ0) is 23.2. The standard InChI is InChI=1S/C23H21N3O6S/c1-2-30-23(29)19-15-7-3-9-17(15)33-21(19)26-18(27)13-31-22(28)16-8-5-11-25-20(16)32-14-6-4-10-24-12-14/h4-6,8,10-12H,2-3,7,9,13H2,1H3,(H,26,27). The molecule has 0 atom stereocenters. The van der Waals surface area contributed by atoms with Gasteiger partial charge in [-0.2, -0.15) is 0 Å². The number of aryl methyl sites for hydroxylation is 1. The lowest BCUT2D eigenvalue weighted by Gasteiger charge is -2.10. The Morgan fingerprint density at radius 3 is 2.73 bits per heavy atom. The van der Waals surface area contributed by atoms with Crippen LogP contribution in [-0.2, 0) is 27.1 Å². The van der Waals surface area contributed by atoms with Gasteiger partial charge in [0.1, 0.15) is 16.3 Å². The molecule has 0 saturated heterocycles. The largest absolute Gasteiger partial charge is 0.462 e. The van der Waals surface area contributed by atoms with Crippen LogP contribution in [0.25, 0.3) is 0 Å². The van der Waals surface area contributed by atoms with Crippen molar-refractivity contribution in [2.45, 2.75) is 26.2 Å². The van der Waals surface area contributed by atoms with Crippen LogP contribution in [0.4, 0.5) is 5.00 Å². The van der Waals surface area contributed by atoms with E-state index in [2.05, 4.69) is 15.3 Å². The van der Waals surface area contributed by atoms with Gasteiger partial charge >= 0.3 is 11.9 Å². The summed E-state index contributed by atoms with van der Waals surface area (Å²) in [4.78, 5) is 46.6. The molecule has 3 aromatic heterocycles. The van der Waals surface area contributed by atoms with Gasteiger partial charge in [-0.05, 0) is 56.0 Å². The summed E-state index contributed by atoms with van der Waals surface area (Å²) < 4.78 is 15.9. The van der Waals surface area contributed by atoms with Crippen LogP contribution in [0.3, 0.4) is 0 Å². The van der Waals surface area contributed by atoms with Crippen molar-refractivity contribution in [1.82, 2.24) is 9.97 Å². The number of esters is 2. The Bertz CT molecular complexity index is 1180. The van der Waals surface area contributed by atoms with Gasteiger partial charge in [0, 0.05) is 17.3 Å². The second-order valence-corrected chi connectivity index (χ2v) is 8.16. The van der Waals surface area contributed by atoms with Crippen molar-refractivity contribution in [3.8, 4) is 11.6 Å². The molecule has 170 valence electrons. The Morgan fingerprint density at radius 1 is 1.09 bits per heavy atom. The minimum Gasteiger partial charge on any atom is -0.462 e. The molecule has 0 bridgehead atoms. The number of amides is 1. The van der Waals surface area contributed by atoms with Crippen molar-refractivity contribution < 1.29 is 28.6 Å². The van der Waals surface area contributed by atoms with Crippen molar-refractivity contribution in [1.29, 1.82) is 0 Å². The van der Waals surface area contributed by atoms with Crippen molar-refractivity contribution in [3.63, 3.8) is 0 Å². The Balaban J connectivity index is 1.41. The number of anilines is 1. The van der Waals surface area contributed by atoms with Crippen LogP contribution in [-0.4, -0.2) is 41.0 Å². The number of thiophene rings is 1. The molecule has 1 aliphatic rings. The molecule has 0 saturated carbocycles. The van der Waals surface area contributed by atoms with Crippen molar-refractivity contribution in [3.05, 3.63) is 64.4 Å². The highest BCUT2D eigenvalue weighted by Crippen LogP contribution is 2.39. The number of pyridine rings is 2. The molecule has 0 unspecified atom stereocenters. The van der Waals surface area contributed by atoms with Gasteiger partial charge < -0.3 is 19.5 Å². The molecule has 1 aliphatic carbocycles. The van der Waals surface area contributed by atoms with E-state index in [1.54, 1.807) is 31.3 Å². The molecule has 10 heteroatoms. The average molecular weight is 468 g/mol. The first-order valence-electron chi connectivity index (χ1n) is 10.4. The molecular formula is C23H21N3O6S. The summed E-state index contributed by atoms with van der Waals surface area (Å²) in [5, 5.41) is 3.10. The maximum atomic E-state index is 12.6. The Morgan fingerprint density at radius 2 is 1.94 bits per heavy atom. The van der Waals surface area contributed by atoms with Gasteiger partial charge in [-0.15, -0.1) is 11.3 Å². The smallest absolute Gasteiger partial charge is 0.344 e. The molecule has 4 rings (SSSR count). The van der Waals surface area contributed by atoms with Crippen LogP contribution in [0, 0.1) is 0 Å². The third-order valence-electron chi connectivity index (χ3n) is 4.83. The van der Waals surface area contributed by atoms with Crippen LogP contribution < -0.4 is 10.1 Å². The van der Waals surface area contributed by atoms with Crippen LogP contribution >= 0.6 is 11.3 Å². The van der Waals surface area contributed by atoms with E-state index in [9.17, 15) is 14.4 Å². The van der Waals surface area contributed by atoms with Crippen molar-refractivity contribution in [2.24, 2.45) is 0 Å². The summed E-state index contributed by atoms with van der Waals surface area (Å²) in [5.41, 5.74) is 1.39. The van der Waals surface area contributed by atoms with E-state index >= 15 is 0 Å². The zero-order valence-corrected chi connectivity index (χ0v) is 18.6. The Labute approximate surface area is 193 Å². The minimum atomic E-state index is -0.767. The first-order valence-corrected chi connectivity index (χ1v) is 11.2. The number of carbonyl (C=O) groups excluding carboxylic acids is 3. The first kappa shape index (κ1) is 22.4. The fraction of sp³-hybridized carbons (Fsp3) is 0.261. The number of rotatable bonds is 8. The molecule has 0 fully saturated rings. The number of ether oxygens (including phenoxy) is 3. The third-order valence-corrected chi connectivity index (χ3v) is 6.04. The van der Waals surface area contributed by atoms with Gasteiger partial charge in [0.05, 0.1) is 18.4 Å².